The Morgan fingerprint density at radius 1 is 1.50 bits per heavy atom. The quantitative estimate of drug-likeness (QED) is 0.261. The van der Waals surface area contributed by atoms with Gasteiger partial charge in [0, 0.05) is 18.5 Å². The van der Waals surface area contributed by atoms with Gasteiger partial charge in [0.25, 0.3) is 0 Å². The molecule has 0 aliphatic rings. The van der Waals surface area contributed by atoms with E-state index in [1.165, 1.54) is 0 Å². The molecule has 0 heterocycles. The molecule has 0 bridgehead atoms. The summed E-state index contributed by atoms with van der Waals surface area (Å²) in [4.78, 5) is 0. The SMILES string of the molecule is CSCCC(C)NC(C)CC(N)=NO. The van der Waals surface area contributed by atoms with Gasteiger partial charge in [0.05, 0.1) is 0 Å². The fraction of sp³-hybridized carbons (Fsp3) is 0.889. The summed E-state index contributed by atoms with van der Waals surface area (Å²) in [6, 6.07) is 0.728. The van der Waals surface area contributed by atoms with Gasteiger partial charge in [-0.05, 0) is 32.3 Å². The summed E-state index contributed by atoms with van der Waals surface area (Å²) in [5, 5.41) is 14.7. The van der Waals surface area contributed by atoms with Crippen LogP contribution in [0.5, 0.6) is 0 Å². The fourth-order valence-corrected chi connectivity index (χ4v) is 1.87. The van der Waals surface area contributed by atoms with Crippen LogP contribution in [0.3, 0.4) is 0 Å². The zero-order valence-corrected chi connectivity index (χ0v) is 9.97. The number of hydrogen-bond acceptors (Lipinski definition) is 4. The first-order chi connectivity index (χ1) is 6.60. The largest absolute Gasteiger partial charge is 0.409 e. The van der Waals surface area contributed by atoms with Crippen LogP contribution >= 0.6 is 11.8 Å². The lowest BCUT2D eigenvalue weighted by Gasteiger charge is -2.19. The van der Waals surface area contributed by atoms with Crippen molar-refractivity contribution in [3.63, 3.8) is 0 Å². The van der Waals surface area contributed by atoms with E-state index in [4.69, 9.17) is 10.9 Å². The summed E-state index contributed by atoms with van der Waals surface area (Å²) < 4.78 is 0. The van der Waals surface area contributed by atoms with Crippen molar-refractivity contribution >= 4 is 17.6 Å². The molecule has 0 saturated heterocycles. The predicted octanol–water partition coefficient (Wildman–Crippen LogP) is 1.24. The first-order valence-electron chi connectivity index (χ1n) is 4.81. The van der Waals surface area contributed by atoms with Crippen LogP contribution in [0.1, 0.15) is 26.7 Å². The average molecular weight is 219 g/mol. The third-order valence-corrected chi connectivity index (χ3v) is 2.61. The molecule has 0 aromatic carbocycles. The summed E-state index contributed by atoms with van der Waals surface area (Å²) in [5.74, 6) is 1.44. The lowest BCUT2D eigenvalue weighted by molar-refractivity contribution is 0.315. The molecule has 0 aliphatic carbocycles. The molecule has 0 saturated carbocycles. The molecule has 0 rings (SSSR count). The number of nitrogens with one attached hydrogen (secondary N) is 1. The summed E-state index contributed by atoms with van der Waals surface area (Å²) in [6.07, 6.45) is 3.83. The van der Waals surface area contributed by atoms with E-state index in [0.29, 0.717) is 12.5 Å². The molecule has 0 spiro atoms. The maximum Gasteiger partial charge on any atom is 0.140 e. The Labute approximate surface area is 90.3 Å². The van der Waals surface area contributed by atoms with Crippen molar-refractivity contribution < 1.29 is 5.21 Å². The lowest BCUT2D eigenvalue weighted by atomic mass is 10.1. The number of nitrogens with two attached hydrogens (primary N) is 1. The molecule has 5 heteroatoms. The van der Waals surface area contributed by atoms with Gasteiger partial charge < -0.3 is 16.3 Å². The Kier molecular flexibility index (Phi) is 7.70. The first kappa shape index (κ1) is 13.6. The highest BCUT2D eigenvalue weighted by atomic mass is 32.2. The van der Waals surface area contributed by atoms with E-state index in [1.807, 2.05) is 18.7 Å². The lowest BCUT2D eigenvalue weighted by Crippen LogP contribution is -2.37. The topological polar surface area (TPSA) is 70.6 Å². The second kappa shape index (κ2) is 7.94. The summed E-state index contributed by atoms with van der Waals surface area (Å²) in [5.41, 5.74) is 5.41. The van der Waals surface area contributed by atoms with Gasteiger partial charge >= 0.3 is 0 Å². The minimum Gasteiger partial charge on any atom is -0.409 e. The molecular formula is C9H21N3OS. The van der Waals surface area contributed by atoms with Crippen LogP contribution in [-0.2, 0) is 0 Å². The van der Waals surface area contributed by atoms with Crippen LogP contribution in [0.25, 0.3) is 0 Å². The van der Waals surface area contributed by atoms with Crippen LogP contribution in [-0.4, -0.2) is 35.1 Å². The van der Waals surface area contributed by atoms with Crippen LogP contribution in [0.4, 0.5) is 0 Å². The monoisotopic (exact) mass is 219 g/mol. The van der Waals surface area contributed by atoms with Gasteiger partial charge in [0.15, 0.2) is 0 Å². The first-order valence-corrected chi connectivity index (χ1v) is 6.21. The maximum atomic E-state index is 8.39. The summed E-state index contributed by atoms with van der Waals surface area (Å²) in [6.45, 7) is 4.19. The van der Waals surface area contributed by atoms with Crippen LogP contribution in [0.2, 0.25) is 0 Å². The number of nitrogens with zero attached hydrogens (tertiary/aromatic N) is 1. The molecule has 0 amide bonds. The van der Waals surface area contributed by atoms with Gasteiger partial charge in [-0.1, -0.05) is 5.16 Å². The van der Waals surface area contributed by atoms with Crippen LogP contribution in [0, 0.1) is 0 Å². The van der Waals surface area contributed by atoms with Crippen LogP contribution < -0.4 is 11.1 Å². The highest BCUT2D eigenvalue weighted by Gasteiger charge is 2.08. The molecule has 84 valence electrons. The fourth-order valence-electron chi connectivity index (χ4n) is 1.28. The molecule has 0 radical (unpaired) electrons. The predicted molar refractivity (Wildman–Crippen MR) is 63.1 cm³/mol. The average Bonchev–Trinajstić information content (AvgIpc) is 2.14. The molecule has 4 N–H and O–H groups in total. The number of thioether (sulfide) groups is 1. The Morgan fingerprint density at radius 2 is 2.14 bits per heavy atom. The molecular weight excluding hydrogens is 198 g/mol. The van der Waals surface area contributed by atoms with E-state index >= 15 is 0 Å². The molecule has 2 atom stereocenters. The Bertz CT molecular complexity index is 175. The number of amidine groups is 1. The molecule has 0 fully saturated rings. The molecule has 4 nitrogen and oxygen atoms in total. The Morgan fingerprint density at radius 3 is 2.64 bits per heavy atom. The molecule has 2 unspecified atom stereocenters. The maximum absolute atomic E-state index is 8.39. The number of rotatable bonds is 7. The summed E-state index contributed by atoms with van der Waals surface area (Å²) >= 11 is 1.85. The van der Waals surface area contributed by atoms with Crippen molar-refractivity contribution in [2.75, 3.05) is 12.0 Å². The van der Waals surface area contributed by atoms with Gasteiger partial charge in [0.2, 0.25) is 0 Å². The van der Waals surface area contributed by atoms with E-state index < -0.39 is 0 Å². The van der Waals surface area contributed by atoms with Crippen molar-refractivity contribution in [2.45, 2.75) is 38.8 Å². The minimum absolute atomic E-state index is 0.253. The Balaban J connectivity index is 3.65. The van der Waals surface area contributed by atoms with E-state index in [9.17, 15) is 0 Å². The highest BCUT2D eigenvalue weighted by molar-refractivity contribution is 7.98. The van der Waals surface area contributed by atoms with E-state index in [1.54, 1.807) is 0 Å². The van der Waals surface area contributed by atoms with Gasteiger partial charge in [-0.25, -0.2) is 0 Å². The normalized spacial score (nSPS) is 16.6. The van der Waals surface area contributed by atoms with Crippen LogP contribution in [0.15, 0.2) is 5.16 Å². The second-order valence-corrected chi connectivity index (χ2v) is 4.53. The second-order valence-electron chi connectivity index (χ2n) is 3.55. The van der Waals surface area contributed by atoms with Crippen molar-refractivity contribution in [1.29, 1.82) is 0 Å². The molecule has 14 heavy (non-hydrogen) atoms. The number of oxime groups is 1. The van der Waals surface area contributed by atoms with Crippen molar-refractivity contribution in [1.82, 2.24) is 5.32 Å². The van der Waals surface area contributed by atoms with Crippen molar-refractivity contribution in [2.24, 2.45) is 10.9 Å². The third-order valence-electron chi connectivity index (χ3n) is 1.97. The molecule has 0 aromatic rings. The number of hydrogen-bond donors (Lipinski definition) is 3. The van der Waals surface area contributed by atoms with Gasteiger partial charge in [-0.3, -0.25) is 0 Å². The Hall–Kier alpha value is -0.420. The third kappa shape index (κ3) is 7.03. The van der Waals surface area contributed by atoms with E-state index in [0.717, 1.165) is 12.2 Å². The summed E-state index contributed by atoms with van der Waals surface area (Å²) in [7, 11) is 0. The van der Waals surface area contributed by atoms with E-state index in [2.05, 4.69) is 23.7 Å². The van der Waals surface area contributed by atoms with Gasteiger partial charge in [0.1, 0.15) is 5.84 Å². The van der Waals surface area contributed by atoms with Crippen molar-refractivity contribution in [3.05, 3.63) is 0 Å². The molecule has 0 aliphatic heterocycles. The zero-order chi connectivity index (χ0) is 11.0. The highest BCUT2D eigenvalue weighted by Crippen LogP contribution is 2.02. The standard InChI is InChI=1S/C9H21N3OS/c1-7(4-5-14-3)11-8(2)6-9(10)12-13/h7-8,11,13H,4-6H2,1-3H3,(H2,10,12). The molecule has 0 aromatic heterocycles. The smallest absolute Gasteiger partial charge is 0.140 e. The van der Waals surface area contributed by atoms with E-state index in [-0.39, 0.29) is 11.9 Å². The zero-order valence-electron chi connectivity index (χ0n) is 9.16. The minimum atomic E-state index is 0.253. The van der Waals surface area contributed by atoms with Gasteiger partial charge in [-0.15, -0.1) is 0 Å². The van der Waals surface area contributed by atoms with Crippen molar-refractivity contribution in [3.8, 4) is 0 Å². The van der Waals surface area contributed by atoms with Gasteiger partial charge in [-0.2, -0.15) is 11.8 Å².